The van der Waals surface area contributed by atoms with Crippen LogP contribution < -0.4 is 0 Å². The first-order valence-corrected chi connectivity index (χ1v) is 9.50. The lowest BCUT2D eigenvalue weighted by atomic mass is 10.1. The van der Waals surface area contributed by atoms with Gasteiger partial charge in [-0.3, -0.25) is 19.3 Å². The van der Waals surface area contributed by atoms with Gasteiger partial charge in [-0.25, -0.2) is 0 Å². The fraction of sp³-hybridized carbons (Fsp3) is 0.824. The zero-order chi connectivity index (χ0) is 17.1. The van der Waals surface area contributed by atoms with Crippen molar-refractivity contribution in [3.05, 3.63) is 0 Å². The van der Waals surface area contributed by atoms with E-state index in [9.17, 15) is 14.4 Å². The molecule has 1 atom stereocenters. The van der Waals surface area contributed by atoms with E-state index in [1.807, 2.05) is 13.2 Å². The second-order valence-corrected chi connectivity index (χ2v) is 7.29. The van der Waals surface area contributed by atoms with Crippen LogP contribution in [0, 0.1) is 5.92 Å². The maximum atomic E-state index is 11.8. The Kier molecular flexibility index (Phi) is 11.2. The van der Waals surface area contributed by atoms with Gasteiger partial charge in [0, 0.05) is 25.8 Å². The van der Waals surface area contributed by atoms with Crippen LogP contribution in [0.3, 0.4) is 0 Å². The second kappa shape index (κ2) is 11.7. The van der Waals surface area contributed by atoms with Gasteiger partial charge in [-0.2, -0.15) is 11.8 Å². The second-order valence-electron chi connectivity index (χ2n) is 6.25. The van der Waals surface area contributed by atoms with Crippen molar-refractivity contribution in [2.75, 3.05) is 12.8 Å². The fourth-order valence-electron chi connectivity index (χ4n) is 2.02. The summed E-state index contributed by atoms with van der Waals surface area (Å²) in [4.78, 5) is 35.9. The molecule has 2 amide bonds. The Balaban J connectivity index is 0.000000980. The van der Waals surface area contributed by atoms with E-state index >= 15 is 0 Å². The Morgan fingerprint density at radius 2 is 1.82 bits per heavy atom. The molecule has 1 fully saturated rings. The summed E-state index contributed by atoms with van der Waals surface area (Å²) in [6, 6.07) is 0. The summed E-state index contributed by atoms with van der Waals surface area (Å²) in [6.45, 7) is 8.88. The molecule has 0 N–H and O–H groups in total. The van der Waals surface area contributed by atoms with E-state index in [1.54, 1.807) is 0 Å². The van der Waals surface area contributed by atoms with E-state index in [2.05, 4.69) is 20.8 Å². The molecule has 22 heavy (non-hydrogen) atoms. The third-order valence-corrected chi connectivity index (χ3v) is 4.16. The summed E-state index contributed by atoms with van der Waals surface area (Å²) in [6.07, 6.45) is 5.96. The van der Waals surface area contributed by atoms with Gasteiger partial charge in [0.05, 0.1) is 5.25 Å². The van der Waals surface area contributed by atoms with Crippen LogP contribution in [-0.4, -0.2) is 40.5 Å². The minimum atomic E-state index is -0.181. The lowest BCUT2D eigenvalue weighted by Gasteiger charge is -2.14. The van der Waals surface area contributed by atoms with Gasteiger partial charge < -0.3 is 0 Å². The molecule has 0 saturated carbocycles. The van der Waals surface area contributed by atoms with Crippen LogP contribution in [0.4, 0.5) is 0 Å². The van der Waals surface area contributed by atoms with E-state index in [0.29, 0.717) is 25.8 Å². The number of imide groups is 1. The lowest BCUT2D eigenvalue weighted by molar-refractivity contribution is -0.138. The molecule has 0 aromatic rings. The first kappa shape index (κ1) is 21.2. The van der Waals surface area contributed by atoms with Crippen molar-refractivity contribution in [1.29, 1.82) is 0 Å². The number of Topliss-reactive ketones (excluding diaryl/α,β-unsaturated/α-hetero) is 1. The number of hydrogen-bond acceptors (Lipinski definition) is 4. The molecule has 1 rings (SSSR count). The first-order valence-electron chi connectivity index (χ1n) is 8.22. The maximum absolute atomic E-state index is 11.8. The standard InChI is InChI=1S/C13H21NO3S.C4H10/c1-3-10(15)7-5-4-6-8-14-12(16)9-11(18-2)13(14)17;1-4(2)3/h11H,3-9H2,1-2H3;4H,1-3H3. The van der Waals surface area contributed by atoms with Gasteiger partial charge >= 0.3 is 0 Å². The SMILES string of the molecule is CC(C)C.CCC(=O)CCCCCN1C(=O)CC(SC)C1=O. The van der Waals surface area contributed by atoms with Gasteiger partial charge in [0.1, 0.15) is 5.78 Å². The van der Waals surface area contributed by atoms with Crippen molar-refractivity contribution in [2.24, 2.45) is 5.92 Å². The maximum Gasteiger partial charge on any atom is 0.242 e. The average Bonchev–Trinajstić information content (AvgIpc) is 2.72. The highest BCUT2D eigenvalue weighted by Gasteiger charge is 2.37. The van der Waals surface area contributed by atoms with Gasteiger partial charge in [-0.1, -0.05) is 34.1 Å². The Labute approximate surface area is 139 Å². The van der Waals surface area contributed by atoms with E-state index in [0.717, 1.165) is 25.2 Å². The van der Waals surface area contributed by atoms with Crippen molar-refractivity contribution in [3.63, 3.8) is 0 Å². The van der Waals surface area contributed by atoms with Crippen LogP contribution in [0.1, 0.15) is 66.2 Å². The smallest absolute Gasteiger partial charge is 0.242 e. The van der Waals surface area contributed by atoms with E-state index < -0.39 is 0 Å². The highest BCUT2D eigenvalue weighted by molar-refractivity contribution is 8.00. The quantitative estimate of drug-likeness (QED) is 0.503. The third-order valence-electron chi connectivity index (χ3n) is 3.22. The van der Waals surface area contributed by atoms with Crippen molar-refractivity contribution in [2.45, 2.75) is 71.5 Å². The predicted molar refractivity (Wildman–Crippen MR) is 92.9 cm³/mol. The molecule has 0 aromatic heterocycles. The van der Waals surface area contributed by atoms with Gasteiger partial charge in [-0.15, -0.1) is 0 Å². The molecule has 1 unspecified atom stereocenters. The molecule has 5 heteroatoms. The number of carbonyl (C=O) groups is 3. The summed E-state index contributed by atoms with van der Waals surface area (Å²) >= 11 is 1.44. The Bertz CT molecular complexity index is 366. The summed E-state index contributed by atoms with van der Waals surface area (Å²) in [7, 11) is 0. The summed E-state index contributed by atoms with van der Waals surface area (Å²) < 4.78 is 0. The van der Waals surface area contributed by atoms with Crippen LogP contribution in [-0.2, 0) is 14.4 Å². The minimum absolute atomic E-state index is 0.0443. The zero-order valence-electron chi connectivity index (χ0n) is 14.7. The molecular weight excluding hydrogens is 298 g/mol. The molecule has 0 aromatic carbocycles. The lowest BCUT2D eigenvalue weighted by Crippen LogP contribution is -2.32. The number of thioether (sulfide) groups is 1. The van der Waals surface area contributed by atoms with Gasteiger partial charge in [0.15, 0.2) is 0 Å². The topological polar surface area (TPSA) is 54.5 Å². The zero-order valence-corrected chi connectivity index (χ0v) is 15.5. The summed E-state index contributed by atoms with van der Waals surface area (Å²) in [5.74, 6) is 1.02. The first-order chi connectivity index (χ1) is 10.3. The Morgan fingerprint density at radius 3 is 2.27 bits per heavy atom. The van der Waals surface area contributed by atoms with Crippen molar-refractivity contribution >= 4 is 29.4 Å². The third kappa shape index (κ3) is 8.57. The van der Waals surface area contributed by atoms with Gasteiger partial charge in [-0.05, 0) is 25.0 Å². The van der Waals surface area contributed by atoms with E-state index in [4.69, 9.17) is 0 Å². The number of likely N-dealkylation sites (tertiary alicyclic amines) is 1. The number of nitrogens with zero attached hydrogens (tertiary/aromatic N) is 1. The van der Waals surface area contributed by atoms with Crippen molar-refractivity contribution in [1.82, 2.24) is 4.90 Å². The fourth-order valence-corrected chi connectivity index (χ4v) is 2.66. The molecule has 4 nitrogen and oxygen atoms in total. The molecule has 0 radical (unpaired) electrons. The van der Waals surface area contributed by atoms with Crippen molar-refractivity contribution in [3.8, 4) is 0 Å². The van der Waals surface area contributed by atoms with Crippen LogP contribution in [0.5, 0.6) is 0 Å². The molecule has 1 aliphatic rings. The average molecular weight is 330 g/mol. The van der Waals surface area contributed by atoms with Crippen LogP contribution in [0.2, 0.25) is 0 Å². The van der Waals surface area contributed by atoms with Crippen LogP contribution >= 0.6 is 11.8 Å². The molecule has 1 heterocycles. The molecule has 128 valence electrons. The van der Waals surface area contributed by atoms with E-state index in [-0.39, 0.29) is 22.8 Å². The number of carbonyl (C=O) groups excluding carboxylic acids is 3. The number of ketones is 1. The van der Waals surface area contributed by atoms with Gasteiger partial charge in [0.2, 0.25) is 11.8 Å². The molecule has 1 aliphatic heterocycles. The number of amides is 2. The number of hydrogen-bond donors (Lipinski definition) is 0. The molecule has 0 bridgehead atoms. The molecular formula is C17H31NO3S. The Morgan fingerprint density at radius 1 is 1.23 bits per heavy atom. The van der Waals surface area contributed by atoms with Crippen LogP contribution in [0.25, 0.3) is 0 Å². The Hall–Kier alpha value is -0.840. The van der Waals surface area contributed by atoms with E-state index in [1.165, 1.54) is 16.7 Å². The highest BCUT2D eigenvalue weighted by atomic mass is 32.2. The monoisotopic (exact) mass is 329 g/mol. The number of unbranched alkanes of at least 4 members (excludes halogenated alkanes) is 2. The predicted octanol–water partition coefficient (Wildman–Crippen LogP) is 3.68. The molecule has 0 spiro atoms. The number of rotatable bonds is 8. The van der Waals surface area contributed by atoms with Gasteiger partial charge in [0.25, 0.3) is 0 Å². The molecule has 0 aliphatic carbocycles. The summed E-state index contributed by atoms with van der Waals surface area (Å²) in [5, 5.41) is -0.181. The largest absolute Gasteiger partial charge is 0.300 e. The molecule has 1 saturated heterocycles. The van der Waals surface area contributed by atoms with Crippen LogP contribution in [0.15, 0.2) is 0 Å². The summed E-state index contributed by atoms with van der Waals surface area (Å²) in [5.41, 5.74) is 0. The van der Waals surface area contributed by atoms with Crippen molar-refractivity contribution < 1.29 is 14.4 Å². The normalized spacial score (nSPS) is 17.7. The minimum Gasteiger partial charge on any atom is -0.300 e. The highest BCUT2D eigenvalue weighted by Crippen LogP contribution is 2.23.